The lowest BCUT2D eigenvalue weighted by Crippen LogP contribution is -2.30. The summed E-state index contributed by atoms with van der Waals surface area (Å²) in [6.07, 6.45) is 67.3. The lowest BCUT2D eigenvalue weighted by atomic mass is 10.1. The van der Waals surface area contributed by atoms with Gasteiger partial charge < -0.3 is 14.2 Å². The summed E-state index contributed by atoms with van der Waals surface area (Å²) < 4.78 is 16.8. The Bertz CT molecular complexity index is 1230. The topological polar surface area (TPSA) is 78.9 Å². The summed E-state index contributed by atoms with van der Waals surface area (Å²) in [4.78, 5) is 38.1. The summed E-state index contributed by atoms with van der Waals surface area (Å²) >= 11 is 0. The molecule has 0 fully saturated rings. The van der Waals surface area contributed by atoms with Crippen molar-refractivity contribution in [1.82, 2.24) is 0 Å². The van der Waals surface area contributed by atoms with Gasteiger partial charge in [-0.2, -0.15) is 0 Å². The molecule has 65 heavy (non-hydrogen) atoms. The predicted octanol–water partition coefficient (Wildman–Crippen LogP) is 18.2. The third kappa shape index (κ3) is 51.7. The molecule has 6 heteroatoms. The average molecular weight is 907 g/mol. The molecule has 0 aliphatic carbocycles. The van der Waals surface area contributed by atoms with Gasteiger partial charge in [0.05, 0.1) is 0 Å². The minimum absolute atomic E-state index is 0.0899. The standard InChI is InChI=1S/C59H102O6/c1-4-7-10-13-16-19-22-25-28-29-32-34-37-40-43-46-49-52-58(61)64-55-56(65-59(62)53-50-47-44-41-38-35-31-27-24-21-18-15-12-9-6-3)54-63-57(60)51-48-45-42-39-36-33-30-26-23-20-17-14-11-8-5-2/h16-21,25-28,30-31,56H,4-15,22-24,29,32-55H2,1-3H3/b19-16-,20-17-,21-18-,28-25-,30-26-,31-27-/t56-/m1/s1. The zero-order valence-corrected chi connectivity index (χ0v) is 42.7. The van der Waals surface area contributed by atoms with Gasteiger partial charge in [0.15, 0.2) is 6.10 Å². The number of rotatable bonds is 49. The molecule has 0 aromatic carbocycles. The van der Waals surface area contributed by atoms with E-state index in [0.29, 0.717) is 19.3 Å². The Morgan fingerprint density at radius 1 is 0.308 bits per heavy atom. The summed E-state index contributed by atoms with van der Waals surface area (Å²) in [6, 6.07) is 0. The first-order valence-corrected chi connectivity index (χ1v) is 27.4. The van der Waals surface area contributed by atoms with Crippen LogP contribution in [0.4, 0.5) is 0 Å². The normalized spacial score (nSPS) is 12.6. The van der Waals surface area contributed by atoms with Gasteiger partial charge in [-0.05, 0) is 116 Å². The quantitative estimate of drug-likeness (QED) is 0.0262. The summed E-state index contributed by atoms with van der Waals surface area (Å²) in [5.74, 6) is -0.921. The second kappa shape index (κ2) is 53.5. The molecule has 0 amide bonds. The van der Waals surface area contributed by atoms with Gasteiger partial charge in [-0.15, -0.1) is 0 Å². The van der Waals surface area contributed by atoms with E-state index in [4.69, 9.17) is 14.2 Å². The Morgan fingerprint density at radius 3 is 0.846 bits per heavy atom. The number of hydrogen-bond donors (Lipinski definition) is 0. The zero-order valence-electron chi connectivity index (χ0n) is 42.7. The van der Waals surface area contributed by atoms with Crippen molar-refractivity contribution in [2.45, 2.75) is 271 Å². The highest BCUT2D eigenvalue weighted by atomic mass is 16.6. The maximum atomic E-state index is 12.8. The summed E-state index contributed by atoms with van der Waals surface area (Å²) in [5.41, 5.74) is 0. The number of carbonyl (C=O) groups excluding carboxylic acids is 3. The van der Waals surface area contributed by atoms with Crippen LogP contribution in [0, 0.1) is 0 Å². The van der Waals surface area contributed by atoms with Crippen LogP contribution in [-0.4, -0.2) is 37.2 Å². The maximum absolute atomic E-state index is 12.8. The number of hydrogen-bond acceptors (Lipinski definition) is 6. The van der Waals surface area contributed by atoms with Gasteiger partial charge in [0.2, 0.25) is 0 Å². The Kier molecular flexibility index (Phi) is 50.9. The van der Waals surface area contributed by atoms with Crippen LogP contribution in [0.15, 0.2) is 72.9 Å². The minimum atomic E-state index is -0.792. The van der Waals surface area contributed by atoms with Crippen molar-refractivity contribution in [2.24, 2.45) is 0 Å². The van der Waals surface area contributed by atoms with Crippen LogP contribution in [0.2, 0.25) is 0 Å². The second-order valence-corrected chi connectivity index (χ2v) is 18.1. The SMILES string of the molecule is CCCCC/C=C\C/C=C\CCCCCCCCCC(=O)OC[C@@H](COC(=O)CCCCCCC/C=C\C/C=C\CCCCC)OC(=O)CCCCCCC/C=C\C/C=C\CCCCC. The van der Waals surface area contributed by atoms with E-state index < -0.39 is 6.10 Å². The second-order valence-electron chi connectivity index (χ2n) is 18.1. The molecule has 0 saturated carbocycles. The highest BCUT2D eigenvalue weighted by Crippen LogP contribution is 2.14. The molecule has 0 rings (SSSR count). The van der Waals surface area contributed by atoms with E-state index in [0.717, 1.165) is 116 Å². The van der Waals surface area contributed by atoms with Crippen molar-refractivity contribution in [3.05, 3.63) is 72.9 Å². The van der Waals surface area contributed by atoms with Crippen LogP contribution in [0.25, 0.3) is 0 Å². The highest BCUT2D eigenvalue weighted by Gasteiger charge is 2.19. The number of esters is 3. The molecule has 0 aliphatic rings. The van der Waals surface area contributed by atoms with Crippen molar-refractivity contribution >= 4 is 17.9 Å². The smallest absolute Gasteiger partial charge is 0.306 e. The van der Waals surface area contributed by atoms with Crippen molar-refractivity contribution in [2.75, 3.05) is 13.2 Å². The monoisotopic (exact) mass is 907 g/mol. The van der Waals surface area contributed by atoms with Crippen LogP contribution in [0.5, 0.6) is 0 Å². The third-order valence-electron chi connectivity index (χ3n) is 11.7. The molecule has 0 aromatic rings. The molecule has 1 atom stereocenters. The number of unbranched alkanes of at least 4 members (excludes halogenated alkanes) is 26. The van der Waals surface area contributed by atoms with E-state index in [1.807, 2.05) is 0 Å². The van der Waals surface area contributed by atoms with Crippen LogP contribution >= 0.6 is 0 Å². The fourth-order valence-corrected chi connectivity index (χ4v) is 7.47. The van der Waals surface area contributed by atoms with E-state index >= 15 is 0 Å². The molecular formula is C59H102O6. The van der Waals surface area contributed by atoms with E-state index in [9.17, 15) is 14.4 Å². The molecule has 0 saturated heterocycles. The highest BCUT2D eigenvalue weighted by molar-refractivity contribution is 5.71. The van der Waals surface area contributed by atoms with Gasteiger partial charge in [-0.25, -0.2) is 0 Å². The molecule has 0 aromatic heterocycles. The van der Waals surface area contributed by atoms with Gasteiger partial charge >= 0.3 is 17.9 Å². The Labute approximate surface area is 402 Å². The zero-order chi connectivity index (χ0) is 47.2. The number of carbonyl (C=O) groups is 3. The van der Waals surface area contributed by atoms with E-state index in [2.05, 4.69) is 93.7 Å². The first-order valence-electron chi connectivity index (χ1n) is 27.4. The Morgan fingerprint density at radius 2 is 0.554 bits per heavy atom. The fraction of sp³-hybridized carbons (Fsp3) is 0.746. The van der Waals surface area contributed by atoms with E-state index in [1.54, 1.807) is 0 Å². The number of ether oxygens (including phenoxy) is 3. The van der Waals surface area contributed by atoms with Gasteiger partial charge in [-0.3, -0.25) is 14.4 Å². The van der Waals surface area contributed by atoms with E-state index in [1.165, 1.54) is 109 Å². The lowest BCUT2D eigenvalue weighted by Gasteiger charge is -2.18. The first kappa shape index (κ1) is 61.9. The average Bonchev–Trinajstić information content (AvgIpc) is 3.30. The van der Waals surface area contributed by atoms with Crippen LogP contribution in [-0.2, 0) is 28.6 Å². The molecule has 0 heterocycles. The van der Waals surface area contributed by atoms with E-state index in [-0.39, 0.29) is 31.1 Å². The van der Waals surface area contributed by atoms with Gasteiger partial charge in [0.1, 0.15) is 13.2 Å². The predicted molar refractivity (Wildman–Crippen MR) is 279 cm³/mol. The summed E-state index contributed by atoms with van der Waals surface area (Å²) in [6.45, 7) is 6.54. The molecule has 374 valence electrons. The third-order valence-corrected chi connectivity index (χ3v) is 11.7. The minimum Gasteiger partial charge on any atom is -0.462 e. The number of allylic oxidation sites excluding steroid dienone is 12. The molecule has 0 radical (unpaired) electrons. The fourth-order valence-electron chi connectivity index (χ4n) is 7.47. The summed E-state index contributed by atoms with van der Waals surface area (Å²) in [5, 5.41) is 0. The van der Waals surface area contributed by atoms with Crippen LogP contribution in [0.3, 0.4) is 0 Å². The van der Waals surface area contributed by atoms with Crippen molar-refractivity contribution in [3.8, 4) is 0 Å². The maximum Gasteiger partial charge on any atom is 0.306 e. The van der Waals surface area contributed by atoms with Crippen LogP contribution in [0.1, 0.15) is 265 Å². The van der Waals surface area contributed by atoms with Crippen molar-refractivity contribution in [3.63, 3.8) is 0 Å². The van der Waals surface area contributed by atoms with Gasteiger partial charge in [0.25, 0.3) is 0 Å². The van der Waals surface area contributed by atoms with Crippen LogP contribution < -0.4 is 0 Å². The Balaban J connectivity index is 4.44. The molecule has 0 spiro atoms. The first-order chi connectivity index (χ1) is 32.0. The molecule has 0 N–H and O–H groups in total. The van der Waals surface area contributed by atoms with Crippen molar-refractivity contribution in [1.29, 1.82) is 0 Å². The summed E-state index contributed by atoms with van der Waals surface area (Å²) in [7, 11) is 0. The molecule has 0 bridgehead atoms. The lowest BCUT2D eigenvalue weighted by molar-refractivity contribution is -0.167. The Hall–Kier alpha value is -3.15. The largest absolute Gasteiger partial charge is 0.462 e. The van der Waals surface area contributed by atoms with Gasteiger partial charge in [0, 0.05) is 19.3 Å². The molecule has 6 nitrogen and oxygen atoms in total. The molecule has 0 unspecified atom stereocenters. The molecular weight excluding hydrogens is 805 g/mol. The molecule has 0 aliphatic heterocycles. The van der Waals surface area contributed by atoms with Gasteiger partial charge in [-0.1, -0.05) is 203 Å². The van der Waals surface area contributed by atoms with Crippen molar-refractivity contribution < 1.29 is 28.6 Å².